The Hall–Kier alpha value is -1.40. The average Bonchev–Trinajstić information content (AvgIpc) is 2.17. The maximum Gasteiger partial charge on any atom is 0.330 e. The Morgan fingerprint density at radius 1 is 1.53 bits per heavy atom. The number of nitrogens with zero attached hydrogens (tertiary/aromatic N) is 1. The first-order valence-corrected chi connectivity index (χ1v) is 4.62. The van der Waals surface area contributed by atoms with Gasteiger partial charge in [-0.25, -0.2) is 4.79 Å². The molecule has 0 aliphatic carbocycles. The molecule has 0 saturated carbocycles. The zero-order chi connectivity index (χ0) is 11.4. The molecule has 6 heteroatoms. The van der Waals surface area contributed by atoms with Crippen LogP contribution in [-0.4, -0.2) is 27.4 Å². The van der Waals surface area contributed by atoms with Gasteiger partial charge in [0.2, 0.25) is 0 Å². The van der Waals surface area contributed by atoms with Gasteiger partial charge in [-0.05, 0) is 13.8 Å². The van der Waals surface area contributed by atoms with E-state index in [4.69, 9.17) is 9.84 Å². The zero-order valence-corrected chi connectivity index (χ0v) is 8.64. The van der Waals surface area contributed by atoms with Gasteiger partial charge in [-0.1, -0.05) is 0 Å². The van der Waals surface area contributed by atoms with Gasteiger partial charge in [-0.15, -0.1) is 0 Å². The lowest BCUT2D eigenvalue weighted by atomic mass is 10.4. The van der Waals surface area contributed by atoms with Crippen molar-refractivity contribution >= 4 is 0 Å². The van der Waals surface area contributed by atoms with E-state index in [0.29, 0.717) is 0 Å². The van der Waals surface area contributed by atoms with E-state index in [1.807, 2.05) is 0 Å². The largest absolute Gasteiger partial charge is 0.394 e. The van der Waals surface area contributed by atoms with Gasteiger partial charge in [0.05, 0.1) is 12.7 Å². The second-order valence-electron chi connectivity index (χ2n) is 3.25. The molecule has 0 aromatic carbocycles. The van der Waals surface area contributed by atoms with Crippen LogP contribution in [0.3, 0.4) is 0 Å². The summed E-state index contributed by atoms with van der Waals surface area (Å²) in [4.78, 5) is 24.2. The van der Waals surface area contributed by atoms with Crippen molar-refractivity contribution in [2.24, 2.45) is 0 Å². The Balaban J connectivity index is 2.87. The minimum Gasteiger partial charge on any atom is -0.394 e. The van der Waals surface area contributed by atoms with E-state index >= 15 is 0 Å². The minimum atomic E-state index is -0.531. The van der Waals surface area contributed by atoms with Crippen molar-refractivity contribution in [2.75, 3.05) is 6.61 Å². The minimum absolute atomic E-state index is 0.123. The molecule has 0 spiro atoms. The maximum atomic E-state index is 11.3. The number of hydrogen-bond acceptors (Lipinski definition) is 4. The Morgan fingerprint density at radius 2 is 2.20 bits per heavy atom. The number of rotatable bonds is 4. The Bertz CT molecular complexity index is 423. The third-order valence-electron chi connectivity index (χ3n) is 1.93. The molecule has 1 aromatic heterocycles. The van der Waals surface area contributed by atoms with Crippen molar-refractivity contribution in [3.05, 3.63) is 33.1 Å². The highest BCUT2D eigenvalue weighted by atomic mass is 16.5. The van der Waals surface area contributed by atoms with Gasteiger partial charge in [-0.2, -0.15) is 0 Å². The fourth-order valence-corrected chi connectivity index (χ4v) is 1.16. The molecule has 0 bridgehead atoms. The molecule has 6 nitrogen and oxygen atoms in total. The monoisotopic (exact) mass is 214 g/mol. The van der Waals surface area contributed by atoms with Crippen molar-refractivity contribution in [1.82, 2.24) is 9.55 Å². The topological polar surface area (TPSA) is 84.3 Å². The summed E-state index contributed by atoms with van der Waals surface area (Å²) in [5, 5.41) is 8.77. The summed E-state index contributed by atoms with van der Waals surface area (Å²) in [7, 11) is 0. The van der Waals surface area contributed by atoms with Crippen LogP contribution in [0.4, 0.5) is 0 Å². The third-order valence-corrected chi connectivity index (χ3v) is 1.93. The van der Waals surface area contributed by atoms with Gasteiger partial charge in [0.15, 0.2) is 0 Å². The molecule has 15 heavy (non-hydrogen) atoms. The van der Waals surface area contributed by atoms with E-state index in [1.165, 1.54) is 16.8 Å². The van der Waals surface area contributed by atoms with Gasteiger partial charge >= 0.3 is 5.69 Å². The zero-order valence-electron chi connectivity index (χ0n) is 8.64. The molecule has 0 unspecified atom stereocenters. The van der Waals surface area contributed by atoms with E-state index in [0.717, 1.165) is 0 Å². The quantitative estimate of drug-likeness (QED) is 0.704. The van der Waals surface area contributed by atoms with Crippen molar-refractivity contribution in [1.29, 1.82) is 0 Å². The standard InChI is InChI=1S/C9H14N2O4/c1-6(5-12)15-7(2)11-4-3-8(13)10-9(11)14/h3-4,6-7,12H,5H2,1-2H3,(H,10,13,14)/t6-,7+/m1/s1. The smallest absolute Gasteiger partial charge is 0.330 e. The van der Waals surface area contributed by atoms with Gasteiger partial charge in [0.25, 0.3) is 5.56 Å². The van der Waals surface area contributed by atoms with Gasteiger partial charge in [0, 0.05) is 12.3 Å². The van der Waals surface area contributed by atoms with E-state index in [9.17, 15) is 9.59 Å². The normalized spacial score (nSPS) is 14.9. The molecule has 1 rings (SSSR count). The van der Waals surface area contributed by atoms with Crippen LogP contribution in [0.25, 0.3) is 0 Å². The lowest BCUT2D eigenvalue weighted by Crippen LogP contribution is -2.33. The maximum absolute atomic E-state index is 11.3. The summed E-state index contributed by atoms with van der Waals surface area (Å²) in [5.74, 6) is 0. The molecular weight excluding hydrogens is 200 g/mol. The highest BCUT2D eigenvalue weighted by Crippen LogP contribution is 2.06. The molecule has 0 aliphatic heterocycles. The highest BCUT2D eigenvalue weighted by Gasteiger charge is 2.10. The lowest BCUT2D eigenvalue weighted by Gasteiger charge is -2.18. The SMILES string of the molecule is C[C@H](CO)O[C@@H](C)n1ccc(=O)[nH]c1=O. The summed E-state index contributed by atoms with van der Waals surface area (Å²) in [6.07, 6.45) is 0.464. The number of nitrogens with one attached hydrogen (secondary N) is 1. The van der Waals surface area contributed by atoms with E-state index < -0.39 is 17.5 Å². The summed E-state index contributed by atoms with van der Waals surface area (Å²) < 4.78 is 6.54. The van der Waals surface area contributed by atoms with Crippen molar-refractivity contribution in [3.8, 4) is 0 Å². The van der Waals surface area contributed by atoms with E-state index in [-0.39, 0.29) is 12.7 Å². The molecule has 0 saturated heterocycles. The van der Waals surface area contributed by atoms with Crippen LogP contribution in [-0.2, 0) is 4.74 Å². The molecule has 0 aliphatic rings. The Morgan fingerprint density at radius 3 is 2.73 bits per heavy atom. The average molecular weight is 214 g/mol. The molecule has 1 aromatic rings. The summed E-state index contributed by atoms with van der Waals surface area (Å²) >= 11 is 0. The first-order valence-electron chi connectivity index (χ1n) is 4.62. The third kappa shape index (κ3) is 3.03. The number of aromatic amines is 1. The van der Waals surface area contributed by atoms with Crippen LogP contribution in [0.5, 0.6) is 0 Å². The fraction of sp³-hybridized carbons (Fsp3) is 0.556. The molecule has 0 radical (unpaired) electrons. The lowest BCUT2D eigenvalue weighted by molar-refractivity contribution is -0.0580. The Labute approximate surface area is 86.1 Å². The summed E-state index contributed by atoms with van der Waals surface area (Å²) in [5.41, 5.74) is -0.973. The highest BCUT2D eigenvalue weighted by molar-refractivity contribution is 4.83. The first-order chi connectivity index (χ1) is 7.04. The second kappa shape index (κ2) is 4.90. The molecule has 2 N–H and O–H groups in total. The number of H-pyrrole nitrogens is 1. The van der Waals surface area contributed by atoms with Crippen molar-refractivity contribution in [2.45, 2.75) is 26.2 Å². The predicted octanol–water partition coefficient (Wildman–Crippen LogP) is -0.548. The van der Waals surface area contributed by atoms with Gasteiger partial charge in [-0.3, -0.25) is 14.3 Å². The number of aliphatic hydroxyl groups excluding tert-OH is 1. The number of ether oxygens (including phenoxy) is 1. The molecular formula is C9H14N2O4. The fourth-order valence-electron chi connectivity index (χ4n) is 1.16. The molecule has 0 amide bonds. The van der Waals surface area contributed by atoms with Gasteiger partial charge in [0.1, 0.15) is 6.23 Å². The Kier molecular flexibility index (Phi) is 3.81. The number of hydrogen-bond donors (Lipinski definition) is 2. The number of aromatic nitrogens is 2. The molecule has 2 atom stereocenters. The van der Waals surface area contributed by atoms with Crippen LogP contribution >= 0.6 is 0 Å². The van der Waals surface area contributed by atoms with Gasteiger partial charge < -0.3 is 9.84 Å². The molecule has 0 fully saturated rings. The van der Waals surface area contributed by atoms with Crippen LogP contribution in [0, 0.1) is 0 Å². The molecule has 84 valence electrons. The van der Waals surface area contributed by atoms with E-state index in [2.05, 4.69) is 4.98 Å². The van der Waals surface area contributed by atoms with Crippen molar-refractivity contribution < 1.29 is 9.84 Å². The summed E-state index contributed by atoms with van der Waals surface area (Å²) in [6.45, 7) is 3.22. The van der Waals surface area contributed by atoms with E-state index in [1.54, 1.807) is 13.8 Å². The second-order valence-corrected chi connectivity index (χ2v) is 3.25. The summed E-state index contributed by atoms with van der Waals surface area (Å²) in [6, 6.07) is 1.24. The van der Waals surface area contributed by atoms with Crippen LogP contribution < -0.4 is 11.2 Å². The van der Waals surface area contributed by atoms with Crippen LogP contribution in [0.15, 0.2) is 21.9 Å². The van der Waals surface area contributed by atoms with Crippen molar-refractivity contribution in [3.63, 3.8) is 0 Å². The van der Waals surface area contributed by atoms with Crippen LogP contribution in [0.1, 0.15) is 20.1 Å². The first kappa shape index (κ1) is 11.7. The van der Waals surface area contributed by atoms with Crippen LogP contribution in [0.2, 0.25) is 0 Å². The molecule has 1 heterocycles. The predicted molar refractivity (Wildman–Crippen MR) is 53.7 cm³/mol. The number of aliphatic hydroxyl groups is 1.